The molecule has 0 spiro atoms. The second-order valence-corrected chi connectivity index (χ2v) is 7.79. The Morgan fingerprint density at radius 2 is 1.80 bits per heavy atom. The summed E-state index contributed by atoms with van der Waals surface area (Å²) in [5.74, 6) is 0.485. The summed E-state index contributed by atoms with van der Waals surface area (Å²) in [4.78, 5) is 14.6. The van der Waals surface area contributed by atoms with Gasteiger partial charge in [-0.25, -0.2) is 13.1 Å². The minimum absolute atomic E-state index is 0.139. The molecule has 0 radical (unpaired) electrons. The number of sulfonamides is 1. The summed E-state index contributed by atoms with van der Waals surface area (Å²) in [6.45, 7) is 4.38. The molecule has 6 nitrogen and oxygen atoms in total. The molecule has 7 heteroatoms. The van der Waals surface area contributed by atoms with Gasteiger partial charge in [0, 0.05) is 11.6 Å². The molecule has 0 saturated heterocycles. The molecule has 1 heterocycles. The van der Waals surface area contributed by atoms with Crippen LogP contribution in [0.5, 0.6) is 5.75 Å². The third kappa shape index (κ3) is 3.67. The fourth-order valence-corrected chi connectivity index (χ4v) is 3.94. The zero-order valence-electron chi connectivity index (χ0n) is 14.1. The van der Waals surface area contributed by atoms with Crippen LogP contribution in [-0.4, -0.2) is 33.5 Å². The van der Waals surface area contributed by atoms with E-state index in [1.165, 1.54) is 24.3 Å². The number of fused-ring (bicyclic) bond motifs is 1. The lowest BCUT2D eigenvalue weighted by Crippen LogP contribution is -2.38. The number of para-hydroxylation sites is 2. The van der Waals surface area contributed by atoms with Crippen LogP contribution in [0.4, 0.5) is 5.69 Å². The molecule has 0 atom stereocenters. The summed E-state index contributed by atoms with van der Waals surface area (Å²) >= 11 is 0. The zero-order chi connectivity index (χ0) is 18.0. The van der Waals surface area contributed by atoms with Crippen molar-refractivity contribution in [2.24, 2.45) is 0 Å². The lowest BCUT2D eigenvalue weighted by molar-refractivity contribution is 0.0976. The number of anilines is 1. The lowest BCUT2D eigenvalue weighted by atomic mass is 10.1. The molecule has 1 amide bonds. The number of rotatable bonds is 4. The summed E-state index contributed by atoms with van der Waals surface area (Å²) < 4.78 is 32.4. The molecule has 25 heavy (non-hydrogen) atoms. The fraction of sp³-hybridized carbons (Fsp3) is 0.278. The van der Waals surface area contributed by atoms with Gasteiger partial charge in [0.1, 0.15) is 12.4 Å². The first-order chi connectivity index (χ1) is 11.9. The molecule has 0 fully saturated rings. The maximum absolute atomic E-state index is 12.8. The van der Waals surface area contributed by atoms with Crippen molar-refractivity contribution < 1.29 is 17.9 Å². The van der Waals surface area contributed by atoms with Crippen LogP contribution in [0.3, 0.4) is 0 Å². The molecule has 0 unspecified atom stereocenters. The summed E-state index contributed by atoms with van der Waals surface area (Å²) in [5, 5.41) is 0. The van der Waals surface area contributed by atoms with Gasteiger partial charge in [-0.15, -0.1) is 0 Å². The van der Waals surface area contributed by atoms with E-state index in [4.69, 9.17) is 4.74 Å². The summed E-state index contributed by atoms with van der Waals surface area (Å²) in [6, 6.07) is 13.1. The standard InChI is InChI=1S/C18H20N2O4S/c1-13(2)19-25(22,23)15-9-7-14(8-10-15)18(21)20-11-12-24-17-6-4-3-5-16(17)20/h3-10,13,19H,11-12H2,1-2H3. The van der Waals surface area contributed by atoms with Gasteiger partial charge in [-0.1, -0.05) is 12.1 Å². The Morgan fingerprint density at radius 1 is 1.12 bits per heavy atom. The van der Waals surface area contributed by atoms with E-state index in [0.29, 0.717) is 24.5 Å². The Morgan fingerprint density at radius 3 is 2.48 bits per heavy atom. The maximum atomic E-state index is 12.8. The number of nitrogens with one attached hydrogen (secondary N) is 1. The number of benzene rings is 2. The molecule has 132 valence electrons. The van der Waals surface area contributed by atoms with Gasteiger partial charge in [0.2, 0.25) is 10.0 Å². The largest absolute Gasteiger partial charge is 0.490 e. The number of carbonyl (C=O) groups is 1. The molecule has 0 aromatic heterocycles. The van der Waals surface area contributed by atoms with Crippen LogP contribution < -0.4 is 14.4 Å². The number of carbonyl (C=O) groups excluding carboxylic acids is 1. The van der Waals surface area contributed by atoms with E-state index in [2.05, 4.69) is 4.72 Å². The van der Waals surface area contributed by atoms with Crippen LogP contribution in [0, 0.1) is 0 Å². The topological polar surface area (TPSA) is 75.7 Å². The van der Waals surface area contributed by atoms with Crippen molar-refractivity contribution in [1.82, 2.24) is 4.72 Å². The van der Waals surface area contributed by atoms with Gasteiger partial charge in [-0.2, -0.15) is 0 Å². The van der Waals surface area contributed by atoms with Gasteiger partial charge in [0.25, 0.3) is 5.91 Å². The zero-order valence-corrected chi connectivity index (χ0v) is 14.9. The Kier molecular flexibility index (Phi) is 4.78. The van der Waals surface area contributed by atoms with E-state index in [1.54, 1.807) is 18.7 Å². The van der Waals surface area contributed by atoms with E-state index < -0.39 is 10.0 Å². The molecule has 1 N–H and O–H groups in total. The van der Waals surface area contributed by atoms with E-state index in [-0.39, 0.29) is 16.8 Å². The summed E-state index contributed by atoms with van der Waals surface area (Å²) in [7, 11) is -3.57. The van der Waals surface area contributed by atoms with Gasteiger partial charge in [-0.05, 0) is 50.2 Å². The van der Waals surface area contributed by atoms with Crippen molar-refractivity contribution in [3.8, 4) is 5.75 Å². The van der Waals surface area contributed by atoms with Gasteiger partial charge in [-0.3, -0.25) is 4.79 Å². The molecule has 2 aromatic carbocycles. The minimum Gasteiger partial charge on any atom is -0.490 e. The second-order valence-electron chi connectivity index (χ2n) is 6.07. The SMILES string of the molecule is CC(C)NS(=O)(=O)c1ccc(C(=O)N2CCOc3ccccc32)cc1. The van der Waals surface area contributed by atoms with Crippen molar-refractivity contribution in [1.29, 1.82) is 0 Å². The highest BCUT2D eigenvalue weighted by Crippen LogP contribution is 2.32. The van der Waals surface area contributed by atoms with E-state index in [1.807, 2.05) is 24.3 Å². The van der Waals surface area contributed by atoms with Crippen molar-refractivity contribution in [2.75, 3.05) is 18.1 Å². The van der Waals surface area contributed by atoms with Crippen molar-refractivity contribution in [3.05, 3.63) is 54.1 Å². The molecule has 0 bridgehead atoms. The number of hydrogen-bond donors (Lipinski definition) is 1. The predicted octanol–water partition coefficient (Wildman–Crippen LogP) is 2.41. The molecule has 1 aliphatic heterocycles. The van der Waals surface area contributed by atoms with Gasteiger partial charge in [0.05, 0.1) is 17.1 Å². The Labute approximate surface area is 147 Å². The monoisotopic (exact) mass is 360 g/mol. The second kappa shape index (κ2) is 6.85. The first kappa shape index (κ1) is 17.4. The molecule has 1 aliphatic rings. The Balaban J connectivity index is 1.85. The van der Waals surface area contributed by atoms with Gasteiger partial charge in [0.15, 0.2) is 0 Å². The molecule has 3 rings (SSSR count). The Hall–Kier alpha value is -2.38. The normalized spacial score (nSPS) is 14.1. The summed E-state index contributed by atoms with van der Waals surface area (Å²) in [5.41, 5.74) is 1.15. The molecular formula is C18H20N2O4S. The Bertz CT molecular complexity index is 876. The quantitative estimate of drug-likeness (QED) is 0.908. The van der Waals surface area contributed by atoms with Crippen LogP contribution >= 0.6 is 0 Å². The highest BCUT2D eigenvalue weighted by Gasteiger charge is 2.25. The van der Waals surface area contributed by atoms with Crippen LogP contribution in [0.25, 0.3) is 0 Å². The smallest absolute Gasteiger partial charge is 0.258 e. The average Bonchev–Trinajstić information content (AvgIpc) is 2.60. The number of amides is 1. The van der Waals surface area contributed by atoms with Crippen molar-refractivity contribution >= 4 is 21.6 Å². The third-order valence-electron chi connectivity index (χ3n) is 3.78. The highest BCUT2D eigenvalue weighted by molar-refractivity contribution is 7.89. The number of nitrogens with zero attached hydrogens (tertiary/aromatic N) is 1. The van der Waals surface area contributed by atoms with E-state index >= 15 is 0 Å². The number of hydrogen-bond acceptors (Lipinski definition) is 4. The van der Waals surface area contributed by atoms with E-state index in [9.17, 15) is 13.2 Å². The lowest BCUT2D eigenvalue weighted by Gasteiger charge is -2.29. The predicted molar refractivity (Wildman–Crippen MR) is 95.5 cm³/mol. The molecule has 0 saturated carbocycles. The first-order valence-electron chi connectivity index (χ1n) is 8.04. The maximum Gasteiger partial charge on any atom is 0.258 e. The molecular weight excluding hydrogens is 340 g/mol. The van der Waals surface area contributed by atoms with Crippen molar-refractivity contribution in [2.45, 2.75) is 24.8 Å². The van der Waals surface area contributed by atoms with Gasteiger partial charge >= 0.3 is 0 Å². The average molecular weight is 360 g/mol. The molecule has 0 aliphatic carbocycles. The van der Waals surface area contributed by atoms with Crippen LogP contribution in [0.15, 0.2) is 53.4 Å². The van der Waals surface area contributed by atoms with Crippen LogP contribution in [0.2, 0.25) is 0 Å². The van der Waals surface area contributed by atoms with Crippen LogP contribution in [-0.2, 0) is 10.0 Å². The van der Waals surface area contributed by atoms with Crippen LogP contribution in [0.1, 0.15) is 24.2 Å². The van der Waals surface area contributed by atoms with Crippen molar-refractivity contribution in [3.63, 3.8) is 0 Å². The molecule has 2 aromatic rings. The number of ether oxygens (including phenoxy) is 1. The third-order valence-corrected chi connectivity index (χ3v) is 5.45. The van der Waals surface area contributed by atoms with E-state index in [0.717, 1.165) is 5.69 Å². The fourth-order valence-electron chi connectivity index (χ4n) is 2.69. The first-order valence-corrected chi connectivity index (χ1v) is 9.53. The van der Waals surface area contributed by atoms with Gasteiger partial charge < -0.3 is 9.64 Å². The minimum atomic E-state index is -3.57. The summed E-state index contributed by atoms with van der Waals surface area (Å²) in [6.07, 6.45) is 0. The highest BCUT2D eigenvalue weighted by atomic mass is 32.2.